The number of rotatable bonds is 7. The van der Waals surface area contributed by atoms with Gasteiger partial charge in [0.05, 0.1) is 18.0 Å². The summed E-state index contributed by atoms with van der Waals surface area (Å²) in [6, 6.07) is 0. The summed E-state index contributed by atoms with van der Waals surface area (Å²) in [7, 11) is 0. The highest BCUT2D eigenvalue weighted by molar-refractivity contribution is 5.91. The molecule has 3 aliphatic rings. The van der Waals surface area contributed by atoms with Crippen molar-refractivity contribution in [2.24, 2.45) is 11.8 Å². The maximum absolute atomic E-state index is 12.3. The smallest absolute Gasteiger partial charge is 0.271 e. The van der Waals surface area contributed by atoms with Gasteiger partial charge in [-0.2, -0.15) is 0 Å². The number of aromatic nitrogens is 2. The highest BCUT2D eigenvalue weighted by Crippen LogP contribution is 2.31. The van der Waals surface area contributed by atoms with E-state index < -0.39 is 0 Å². The van der Waals surface area contributed by atoms with Crippen LogP contribution in [-0.4, -0.2) is 83.6 Å². The van der Waals surface area contributed by atoms with Gasteiger partial charge in [-0.15, -0.1) is 0 Å². The summed E-state index contributed by atoms with van der Waals surface area (Å²) in [4.78, 5) is 37.2. The number of nitrogens with zero attached hydrogens (tertiary/aromatic N) is 4. The Bertz CT molecular complexity index is 714. The second-order valence-electron chi connectivity index (χ2n) is 8.67. The van der Waals surface area contributed by atoms with Crippen LogP contribution in [0.5, 0.6) is 0 Å². The van der Waals surface area contributed by atoms with Crippen molar-refractivity contribution in [2.75, 3.05) is 45.9 Å². The van der Waals surface area contributed by atoms with E-state index in [9.17, 15) is 9.59 Å². The standard InChI is InChI=1S/C21H31N5O3/c1-15-8-23-19(10-22-15)21(28)24-9-18-13-26(20(27)14-29-18)12-17-4-6-25(7-5-17)11-16-2-3-16/h8,10,16-18H,2-7,9,11-14H2,1H3,(H,24,28). The number of nitrogens with one attached hydrogen (secondary N) is 1. The minimum Gasteiger partial charge on any atom is -0.365 e. The van der Waals surface area contributed by atoms with Gasteiger partial charge in [0.15, 0.2) is 0 Å². The van der Waals surface area contributed by atoms with Crippen LogP contribution < -0.4 is 5.32 Å². The number of aryl methyl sites for hydroxylation is 1. The van der Waals surface area contributed by atoms with E-state index >= 15 is 0 Å². The number of amides is 2. The van der Waals surface area contributed by atoms with E-state index in [2.05, 4.69) is 20.2 Å². The first kappa shape index (κ1) is 20.2. The van der Waals surface area contributed by atoms with Crippen molar-refractivity contribution in [3.8, 4) is 0 Å². The zero-order valence-corrected chi connectivity index (χ0v) is 17.2. The van der Waals surface area contributed by atoms with Crippen LogP contribution in [-0.2, 0) is 9.53 Å². The molecule has 8 heteroatoms. The molecule has 4 rings (SSSR count). The highest BCUT2D eigenvalue weighted by Gasteiger charge is 2.31. The second kappa shape index (κ2) is 9.17. The molecule has 1 N–H and O–H groups in total. The van der Waals surface area contributed by atoms with E-state index in [-0.39, 0.29) is 30.2 Å². The van der Waals surface area contributed by atoms with Crippen molar-refractivity contribution in [3.63, 3.8) is 0 Å². The monoisotopic (exact) mass is 401 g/mol. The summed E-state index contributed by atoms with van der Waals surface area (Å²) in [5, 5.41) is 2.85. The molecule has 0 bridgehead atoms. The van der Waals surface area contributed by atoms with Crippen molar-refractivity contribution in [1.82, 2.24) is 25.1 Å². The maximum atomic E-state index is 12.3. The number of likely N-dealkylation sites (tertiary alicyclic amines) is 1. The van der Waals surface area contributed by atoms with E-state index in [1.807, 2.05) is 11.8 Å². The third-order valence-electron chi connectivity index (χ3n) is 6.12. The highest BCUT2D eigenvalue weighted by atomic mass is 16.5. The molecule has 3 fully saturated rings. The Balaban J connectivity index is 1.21. The molecule has 0 aromatic carbocycles. The van der Waals surface area contributed by atoms with Gasteiger partial charge in [0, 0.05) is 32.4 Å². The Labute approximate surface area is 172 Å². The predicted molar refractivity (Wildman–Crippen MR) is 107 cm³/mol. The van der Waals surface area contributed by atoms with E-state index in [1.54, 1.807) is 6.20 Å². The van der Waals surface area contributed by atoms with E-state index in [1.165, 1.54) is 25.6 Å². The van der Waals surface area contributed by atoms with Crippen molar-refractivity contribution < 1.29 is 14.3 Å². The second-order valence-corrected chi connectivity index (χ2v) is 8.67. The van der Waals surface area contributed by atoms with Gasteiger partial charge in [0.2, 0.25) is 5.91 Å². The molecule has 0 spiro atoms. The summed E-state index contributed by atoms with van der Waals surface area (Å²) in [5.74, 6) is 1.28. The molecule has 1 unspecified atom stereocenters. The third-order valence-corrected chi connectivity index (χ3v) is 6.12. The molecule has 1 aromatic rings. The Morgan fingerprint density at radius 2 is 1.90 bits per heavy atom. The van der Waals surface area contributed by atoms with Crippen molar-refractivity contribution in [2.45, 2.75) is 38.7 Å². The quantitative estimate of drug-likeness (QED) is 0.729. The Morgan fingerprint density at radius 1 is 1.14 bits per heavy atom. The average molecular weight is 402 g/mol. The molecule has 0 radical (unpaired) electrons. The number of hydrogen-bond donors (Lipinski definition) is 1. The molecule has 29 heavy (non-hydrogen) atoms. The largest absolute Gasteiger partial charge is 0.365 e. The fraction of sp³-hybridized carbons (Fsp3) is 0.714. The molecule has 2 aliphatic heterocycles. The number of carbonyl (C=O) groups excluding carboxylic acids is 2. The first-order chi connectivity index (χ1) is 14.1. The summed E-state index contributed by atoms with van der Waals surface area (Å²) < 4.78 is 5.63. The predicted octanol–water partition coefficient (Wildman–Crippen LogP) is 0.864. The molecule has 2 amide bonds. The summed E-state index contributed by atoms with van der Waals surface area (Å²) in [6.07, 6.45) is 7.97. The van der Waals surface area contributed by atoms with Gasteiger partial charge in [-0.1, -0.05) is 0 Å². The minimum absolute atomic E-state index is 0.0531. The van der Waals surface area contributed by atoms with Crippen LogP contribution in [0.15, 0.2) is 12.4 Å². The zero-order valence-electron chi connectivity index (χ0n) is 17.2. The Hall–Kier alpha value is -2.06. The van der Waals surface area contributed by atoms with Gasteiger partial charge in [-0.3, -0.25) is 14.6 Å². The molecule has 1 saturated carbocycles. The SMILES string of the molecule is Cc1cnc(C(=O)NCC2CN(CC3CCN(CC4CC4)CC3)C(=O)CO2)cn1. The molecule has 158 valence electrons. The molecule has 8 nitrogen and oxygen atoms in total. The van der Waals surface area contributed by atoms with Crippen molar-refractivity contribution in [3.05, 3.63) is 23.8 Å². The summed E-state index contributed by atoms with van der Waals surface area (Å²) in [5.41, 5.74) is 1.06. The lowest BCUT2D eigenvalue weighted by Crippen LogP contribution is -2.52. The lowest BCUT2D eigenvalue weighted by atomic mass is 9.95. The summed E-state index contributed by atoms with van der Waals surface area (Å²) in [6.45, 7) is 7.16. The molecule has 3 heterocycles. The van der Waals surface area contributed by atoms with Gasteiger partial charge in [-0.25, -0.2) is 4.98 Å². The number of carbonyl (C=O) groups is 2. The maximum Gasteiger partial charge on any atom is 0.271 e. The zero-order chi connectivity index (χ0) is 20.2. The van der Waals surface area contributed by atoms with Crippen molar-refractivity contribution >= 4 is 11.8 Å². The fourth-order valence-corrected chi connectivity index (χ4v) is 4.12. The van der Waals surface area contributed by atoms with E-state index in [0.717, 1.165) is 44.1 Å². The van der Waals surface area contributed by atoms with Gasteiger partial charge >= 0.3 is 0 Å². The Kier molecular flexibility index (Phi) is 6.40. The third kappa shape index (κ3) is 5.73. The van der Waals surface area contributed by atoms with Crippen LogP contribution in [0.4, 0.5) is 0 Å². The lowest BCUT2D eigenvalue weighted by molar-refractivity contribution is -0.149. The first-order valence-corrected chi connectivity index (χ1v) is 10.8. The lowest BCUT2D eigenvalue weighted by Gasteiger charge is -2.38. The van der Waals surface area contributed by atoms with Crippen LogP contribution in [0.1, 0.15) is 41.9 Å². The van der Waals surface area contributed by atoms with Crippen LogP contribution in [0.3, 0.4) is 0 Å². The molecular weight excluding hydrogens is 370 g/mol. The van der Waals surface area contributed by atoms with Crippen molar-refractivity contribution in [1.29, 1.82) is 0 Å². The Morgan fingerprint density at radius 3 is 2.59 bits per heavy atom. The number of piperidine rings is 1. The molecule has 2 saturated heterocycles. The van der Waals surface area contributed by atoms with Crippen LogP contribution in [0.2, 0.25) is 0 Å². The van der Waals surface area contributed by atoms with Crippen LogP contribution in [0, 0.1) is 18.8 Å². The van der Waals surface area contributed by atoms with Gasteiger partial charge in [0.1, 0.15) is 12.3 Å². The minimum atomic E-state index is -0.271. The molecule has 1 aliphatic carbocycles. The van der Waals surface area contributed by atoms with Crippen LogP contribution >= 0.6 is 0 Å². The average Bonchev–Trinajstić information content (AvgIpc) is 3.54. The van der Waals surface area contributed by atoms with Gasteiger partial charge in [-0.05, 0) is 57.5 Å². The molecule has 1 aromatic heterocycles. The van der Waals surface area contributed by atoms with Gasteiger partial charge < -0.3 is 19.9 Å². The summed E-state index contributed by atoms with van der Waals surface area (Å²) >= 11 is 0. The van der Waals surface area contributed by atoms with Gasteiger partial charge in [0.25, 0.3) is 5.91 Å². The van der Waals surface area contributed by atoms with Crippen LogP contribution in [0.25, 0.3) is 0 Å². The topological polar surface area (TPSA) is 87.7 Å². The number of ether oxygens (including phenoxy) is 1. The molecule has 1 atom stereocenters. The normalized spacial score (nSPS) is 24.0. The fourth-order valence-electron chi connectivity index (χ4n) is 4.12. The number of hydrogen-bond acceptors (Lipinski definition) is 6. The molecular formula is C21H31N5O3. The number of morpholine rings is 1. The van der Waals surface area contributed by atoms with E-state index in [4.69, 9.17) is 4.74 Å². The first-order valence-electron chi connectivity index (χ1n) is 10.8. The van der Waals surface area contributed by atoms with E-state index in [0.29, 0.717) is 19.0 Å².